The van der Waals surface area contributed by atoms with Crippen LogP contribution in [0.15, 0.2) is 21.9 Å². The van der Waals surface area contributed by atoms with E-state index < -0.39 is 43.9 Å². The first-order valence-electron chi connectivity index (χ1n) is 9.04. The van der Waals surface area contributed by atoms with Gasteiger partial charge in [-0.25, -0.2) is 4.79 Å². The van der Waals surface area contributed by atoms with Crippen molar-refractivity contribution in [3.63, 3.8) is 0 Å². The zero-order valence-corrected chi connectivity index (χ0v) is 16.3. The lowest BCUT2D eigenvalue weighted by Crippen LogP contribution is -2.40. The molecule has 0 spiro atoms. The minimum Gasteiger partial charge on any atom is -0.394 e. The van der Waals surface area contributed by atoms with E-state index in [1.165, 1.54) is 16.8 Å². The van der Waals surface area contributed by atoms with Crippen molar-refractivity contribution in [1.82, 2.24) is 9.13 Å². The molecule has 1 aliphatic heterocycles. The summed E-state index contributed by atoms with van der Waals surface area (Å²) in [4.78, 5) is 34.2. The van der Waals surface area contributed by atoms with Gasteiger partial charge in [-0.15, -0.1) is 0 Å². The van der Waals surface area contributed by atoms with Crippen LogP contribution in [-0.4, -0.2) is 51.2 Å². The molecule has 27 heavy (non-hydrogen) atoms. The van der Waals surface area contributed by atoms with Crippen LogP contribution in [0, 0.1) is 0 Å². The van der Waals surface area contributed by atoms with Crippen LogP contribution in [0.1, 0.15) is 38.3 Å². The fourth-order valence-electron chi connectivity index (χ4n) is 3.12. The molecule has 154 valence electrons. The summed E-state index contributed by atoms with van der Waals surface area (Å²) >= 11 is 0. The summed E-state index contributed by atoms with van der Waals surface area (Å²) in [7, 11) is -3.78. The molecule has 4 N–H and O–H groups in total. The summed E-state index contributed by atoms with van der Waals surface area (Å²) in [5, 5.41) is 9.43. The third-order valence-electron chi connectivity index (χ3n) is 4.43. The molecule has 0 aromatic carbocycles. The van der Waals surface area contributed by atoms with E-state index in [1.807, 2.05) is 0 Å². The van der Waals surface area contributed by atoms with Crippen molar-refractivity contribution in [3.05, 3.63) is 33.1 Å². The largest absolute Gasteiger partial charge is 0.394 e. The molecule has 1 aliphatic rings. The normalized spacial score (nSPS) is 24.8. The van der Waals surface area contributed by atoms with E-state index in [2.05, 4.69) is 0 Å². The number of aromatic nitrogens is 2. The maximum atomic E-state index is 12.7. The molecule has 2 rings (SSSR count). The van der Waals surface area contributed by atoms with E-state index in [-0.39, 0.29) is 6.42 Å². The third kappa shape index (κ3) is 6.10. The Balaban J connectivity index is 2.14. The van der Waals surface area contributed by atoms with Gasteiger partial charge in [0.1, 0.15) is 12.3 Å². The monoisotopic (exact) mass is 405 g/mol. The highest BCUT2D eigenvalue weighted by molar-refractivity contribution is 7.51. The van der Waals surface area contributed by atoms with Crippen molar-refractivity contribution in [2.24, 2.45) is 5.73 Å². The van der Waals surface area contributed by atoms with E-state index in [9.17, 15) is 24.2 Å². The quantitative estimate of drug-likeness (QED) is 0.364. The van der Waals surface area contributed by atoms with E-state index in [1.54, 1.807) is 0 Å². The lowest BCUT2D eigenvalue weighted by atomic mass is 10.2. The molecule has 1 saturated heterocycles. The molecule has 1 unspecified atom stereocenters. The number of nitrogens with zero attached hydrogens (tertiary/aromatic N) is 2. The SMILES string of the molecule is CP(=O)(O)O[C@@H]1C[C@H](n2ccc(=O)n(CCCCCCN)c2=O)O[C@@H]1CO. The Bertz CT molecular complexity index is 772. The summed E-state index contributed by atoms with van der Waals surface area (Å²) in [5.74, 6) is 0. The van der Waals surface area contributed by atoms with E-state index >= 15 is 0 Å². The van der Waals surface area contributed by atoms with Crippen molar-refractivity contribution in [2.45, 2.75) is 57.1 Å². The molecule has 1 fully saturated rings. The predicted molar refractivity (Wildman–Crippen MR) is 98.7 cm³/mol. The van der Waals surface area contributed by atoms with Gasteiger partial charge in [-0.05, 0) is 19.4 Å². The molecule has 1 aromatic heterocycles. The van der Waals surface area contributed by atoms with Gasteiger partial charge in [-0.1, -0.05) is 12.8 Å². The zero-order valence-electron chi connectivity index (χ0n) is 15.4. The van der Waals surface area contributed by atoms with E-state index in [0.29, 0.717) is 19.5 Å². The molecular weight excluding hydrogens is 377 g/mol. The van der Waals surface area contributed by atoms with Crippen LogP contribution in [0.3, 0.4) is 0 Å². The smallest absolute Gasteiger partial charge is 0.333 e. The topological polar surface area (TPSA) is 146 Å². The first kappa shape index (κ1) is 22.0. The second-order valence-corrected chi connectivity index (χ2v) is 8.51. The molecule has 0 radical (unpaired) electrons. The summed E-state index contributed by atoms with van der Waals surface area (Å²) in [6.45, 7) is 1.54. The van der Waals surface area contributed by atoms with Crippen LogP contribution in [0.5, 0.6) is 0 Å². The van der Waals surface area contributed by atoms with E-state index in [0.717, 1.165) is 30.5 Å². The average molecular weight is 405 g/mol. The Kier molecular flexibility index (Phi) is 7.96. The molecule has 0 aliphatic carbocycles. The van der Waals surface area contributed by atoms with Gasteiger partial charge in [-0.3, -0.25) is 18.5 Å². The second kappa shape index (κ2) is 9.77. The van der Waals surface area contributed by atoms with Gasteiger partial charge < -0.3 is 25.0 Å². The highest BCUT2D eigenvalue weighted by atomic mass is 31.2. The maximum absolute atomic E-state index is 12.7. The summed E-state index contributed by atoms with van der Waals surface area (Å²) in [6, 6.07) is 1.28. The highest BCUT2D eigenvalue weighted by Gasteiger charge is 2.39. The average Bonchev–Trinajstić information content (AvgIpc) is 2.97. The molecule has 4 atom stereocenters. The lowest BCUT2D eigenvalue weighted by Gasteiger charge is -2.17. The first-order valence-corrected chi connectivity index (χ1v) is 11.1. The van der Waals surface area contributed by atoms with Gasteiger partial charge in [0, 0.05) is 31.9 Å². The number of hydrogen-bond donors (Lipinski definition) is 3. The number of aliphatic hydroxyl groups is 1. The number of ether oxygens (including phenoxy) is 1. The Morgan fingerprint density at radius 2 is 2.04 bits per heavy atom. The number of rotatable bonds is 10. The van der Waals surface area contributed by atoms with Gasteiger partial charge in [0.05, 0.1) is 12.7 Å². The predicted octanol–water partition coefficient (Wildman–Crippen LogP) is 0.00930. The molecule has 1 aromatic rings. The molecule has 0 amide bonds. The van der Waals surface area contributed by atoms with Crippen LogP contribution in [0.4, 0.5) is 0 Å². The fourth-order valence-corrected chi connectivity index (χ4v) is 3.85. The van der Waals surface area contributed by atoms with Crippen molar-refractivity contribution in [3.8, 4) is 0 Å². The summed E-state index contributed by atoms with van der Waals surface area (Å²) < 4.78 is 24.6. The summed E-state index contributed by atoms with van der Waals surface area (Å²) in [6.07, 6.45) is 2.37. The molecule has 0 bridgehead atoms. The minimum absolute atomic E-state index is 0.109. The Morgan fingerprint density at radius 1 is 1.33 bits per heavy atom. The van der Waals surface area contributed by atoms with Crippen LogP contribution in [-0.2, 0) is 20.4 Å². The van der Waals surface area contributed by atoms with Gasteiger partial charge in [-0.2, -0.15) is 0 Å². The molecule has 2 heterocycles. The summed E-state index contributed by atoms with van der Waals surface area (Å²) in [5.41, 5.74) is 4.53. The Morgan fingerprint density at radius 3 is 2.67 bits per heavy atom. The molecule has 10 nitrogen and oxygen atoms in total. The second-order valence-electron chi connectivity index (χ2n) is 6.69. The lowest BCUT2D eigenvalue weighted by molar-refractivity contribution is -0.0434. The van der Waals surface area contributed by atoms with E-state index in [4.69, 9.17) is 15.0 Å². The van der Waals surface area contributed by atoms with Gasteiger partial charge >= 0.3 is 13.3 Å². The minimum atomic E-state index is -3.78. The van der Waals surface area contributed by atoms with Crippen molar-refractivity contribution in [1.29, 1.82) is 0 Å². The van der Waals surface area contributed by atoms with Crippen LogP contribution < -0.4 is 17.0 Å². The molecular formula is C16H28N3O7P. The van der Waals surface area contributed by atoms with Crippen LogP contribution >= 0.6 is 7.60 Å². The fraction of sp³-hybridized carbons (Fsp3) is 0.750. The number of nitrogens with two attached hydrogens (primary N) is 1. The van der Waals surface area contributed by atoms with Crippen LogP contribution in [0.2, 0.25) is 0 Å². The first-order chi connectivity index (χ1) is 12.8. The molecule has 0 saturated carbocycles. The number of aliphatic hydroxyl groups excluding tert-OH is 1. The van der Waals surface area contributed by atoms with Crippen molar-refractivity contribution >= 4 is 7.60 Å². The van der Waals surface area contributed by atoms with Crippen molar-refractivity contribution in [2.75, 3.05) is 19.8 Å². The van der Waals surface area contributed by atoms with Crippen LogP contribution in [0.25, 0.3) is 0 Å². The number of unbranched alkanes of at least 4 members (excludes halogenated alkanes) is 3. The zero-order chi connectivity index (χ0) is 20.0. The number of hydrogen-bond acceptors (Lipinski definition) is 7. The molecule has 11 heteroatoms. The maximum Gasteiger partial charge on any atom is 0.333 e. The van der Waals surface area contributed by atoms with Gasteiger partial charge in [0.2, 0.25) is 0 Å². The standard InChI is InChI=1S/C16H28N3O7P/c1-27(23,24)26-12-10-15(25-13(12)11-20)19-9-6-14(21)18(16(19)22)8-5-3-2-4-7-17/h6,9,12-13,15,20H,2-5,7-8,10-11,17H2,1H3,(H,23,24)/t12-,13-,15-/m1/s1. The van der Waals surface area contributed by atoms with Gasteiger partial charge in [0.15, 0.2) is 0 Å². The Labute approximate surface area is 157 Å². The highest BCUT2D eigenvalue weighted by Crippen LogP contribution is 2.43. The van der Waals surface area contributed by atoms with Crippen molar-refractivity contribution < 1.29 is 23.8 Å². The third-order valence-corrected chi connectivity index (χ3v) is 5.09. The Hall–Kier alpha value is -1.29. The van der Waals surface area contributed by atoms with Gasteiger partial charge in [0.25, 0.3) is 5.56 Å².